The molecule has 158 valence electrons. The standard InChI is InChI=1S/C25H34O4/c1-4-11-23(12-5-1)28-18-10-17-26-21-25(15-8-3-9-16-25)22-27-19-20-29-24-13-6-2-7-14-24/h1-2,4-7,11-14H,3,8-10,15-22H2. The van der Waals surface area contributed by atoms with E-state index in [9.17, 15) is 0 Å². The van der Waals surface area contributed by atoms with Crippen molar-refractivity contribution in [1.29, 1.82) is 0 Å². The van der Waals surface area contributed by atoms with Gasteiger partial charge in [-0.2, -0.15) is 0 Å². The molecule has 0 amide bonds. The second kappa shape index (κ2) is 12.5. The molecule has 0 saturated heterocycles. The molecule has 29 heavy (non-hydrogen) atoms. The average molecular weight is 399 g/mol. The second-order valence-corrected chi connectivity index (χ2v) is 7.84. The molecule has 1 saturated carbocycles. The van der Waals surface area contributed by atoms with Crippen LogP contribution >= 0.6 is 0 Å². The maximum Gasteiger partial charge on any atom is 0.119 e. The molecule has 1 aliphatic carbocycles. The van der Waals surface area contributed by atoms with Crippen LogP contribution in [0.3, 0.4) is 0 Å². The molecule has 1 aliphatic rings. The van der Waals surface area contributed by atoms with E-state index in [1.54, 1.807) is 0 Å². The lowest BCUT2D eigenvalue weighted by molar-refractivity contribution is -0.0478. The number of rotatable bonds is 13. The van der Waals surface area contributed by atoms with Gasteiger partial charge in [0.25, 0.3) is 0 Å². The van der Waals surface area contributed by atoms with Gasteiger partial charge < -0.3 is 18.9 Å². The Bertz CT molecular complexity index is 653. The van der Waals surface area contributed by atoms with Crippen LogP contribution in [0, 0.1) is 5.41 Å². The van der Waals surface area contributed by atoms with E-state index in [0.717, 1.165) is 37.7 Å². The summed E-state index contributed by atoms with van der Waals surface area (Å²) in [6, 6.07) is 19.8. The summed E-state index contributed by atoms with van der Waals surface area (Å²) in [4.78, 5) is 0. The number of hydrogen-bond acceptors (Lipinski definition) is 4. The molecule has 0 spiro atoms. The van der Waals surface area contributed by atoms with Gasteiger partial charge in [-0.1, -0.05) is 55.7 Å². The smallest absolute Gasteiger partial charge is 0.119 e. The summed E-state index contributed by atoms with van der Waals surface area (Å²) in [7, 11) is 0. The molecule has 2 aromatic rings. The zero-order chi connectivity index (χ0) is 20.0. The first kappa shape index (κ1) is 21.7. The SMILES string of the molecule is c1ccc(OCCCOCC2(COCCOc3ccccc3)CCCCC2)cc1. The Morgan fingerprint density at radius 1 is 0.586 bits per heavy atom. The van der Waals surface area contributed by atoms with Gasteiger partial charge in [0.2, 0.25) is 0 Å². The normalized spacial score (nSPS) is 15.7. The van der Waals surface area contributed by atoms with E-state index in [2.05, 4.69) is 0 Å². The molecule has 0 N–H and O–H groups in total. The van der Waals surface area contributed by atoms with E-state index in [1.165, 1.54) is 32.1 Å². The minimum atomic E-state index is 0.158. The monoisotopic (exact) mass is 398 g/mol. The molecular formula is C25H34O4. The maximum atomic E-state index is 6.05. The molecule has 2 aromatic carbocycles. The van der Waals surface area contributed by atoms with Crippen molar-refractivity contribution in [2.45, 2.75) is 38.5 Å². The topological polar surface area (TPSA) is 36.9 Å². The quantitative estimate of drug-likeness (QED) is 0.416. The lowest BCUT2D eigenvalue weighted by Crippen LogP contribution is -2.35. The largest absolute Gasteiger partial charge is 0.494 e. The van der Waals surface area contributed by atoms with Gasteiger partial charge in [0.05, 0.1) is 26.4 Å². The summed E-state index contributed by atoms with van der Waals surface area (Å²) in [5, 5.41) is 0. The summed E-state index contributed by atoms with van der Waals surface area (Å²) >= 11 is 0. The van der Waals surface area contributed by atoms with Crippen molar-refractivity contribution in [2.24, 2.45) is 5.41 Å². The highest BCUT2D eigenvalue weighted by atomic mass is 16.5. The summed E-state index contributed by atoms with van der Waals surface area (Å²) in [5.41, 5.74) is 0.158. The first-order valence-electron chi connectivity index (χ1n) is 10.9. The van der Waals surface area contributed by atoms with Crippen LogP contribution in [0.15, 0.2) is 60.7 Å². The first-order valence-corrected chi connectivity index (χ1v) is 10.9. The van der Waals surface area contributed by atoms with Gasteiger partial charge in [-0.3, -0.25) is 0 Å². The van der Waals surface area contributed by atoms with Gasteiger partial charge in [0.1, 0.15) is 18.1 Å². The molecule has 0 bridgehead atoms. The molecule has 0 radical (unpaired) electrons. The molecule has 0 unspecified atom stereocenters. The summed E-state index contributed by atoms with van der Waals surface area (Å²) in [5.74, 6) is 1.81. The number of benzene rings is 2. The zero-order valence-corrected chi connectivity index (χ0v) is 17.4. The maximum absolute atomic E-state index is 6.05. The van der Waals surface area contributed by atoms with E-state index >= 15 is 0 Å². The Balaban J connectivity index is 1.30. The Morgan fingerprint density at radius 2 is 1.14 bits per heavy atom. The van der Waals surface area contributed by atoms with Crippen LogP contribution in [0.5, 0.6) is 11.5 Å². The lowest BCUT2D eigenvalue weighted by Gasteiger charge is -2.36. The third-order valence-electron chi connectivity index (χ3n) is 5.42. The van der Waals surface area contributed by atoms with Crippen LogP contribution in [-0.2, 0) is 9.47 Å². The minimum absolute atomic E-state index is 0.158. The third-order valence-corrected chi connectivity index (χ3v) is 5.42. The van der Waals surface area contributed by atoms with Crippen molar-refractivity contribution in [1.82, 2.24) is 0 Å². The van der Waals surface area contributed by atoms with Gasteiger partial charge >= 0.3 is 0 Å². The van der Waals surface area contributed by atoms with Gasteiger partial charge in [-0.05, 0) is 37.1 Å². The van der Waals surface area contributed by atoms with Crippen molar-refractivity contribution in [3.05, 3.63) is 60.7 Å². The molecule has 1 fully saturated rings. The van der Waals surface area contributed by atoms with E-state index < -0.39 is 0 Å². The molecular weight excluding hydrogens is 364 g/mol. The van der Waals surface area contributed by atoms with Crippen LogP contribution in [0.25, 0.3) is 0 Å². The number of ether oxygens (including phenoxy) is 4. The summed E-state index contributed by atoms with van der Waals surface area (Å²) in [6.07, 6.45) is 7.13. The van der Waals surface area contributed by atoms with Gasteiger partial charge in [0.15, 0.2) is 0 Å². The summed E-state index contributed by atoms with van der Waals surface area (Å²) in [6.45, 7) is 4.14. The molecule has 0 aromatic heterocycles. The van der Waals surface area contributed by atoms with Crippen molar-refractivity contribution in [2.75, 3.05) is 39.6 Å². The van der Waals surface area contributed by atoms with E-state index in [0.29, 0.717) is 19.8 Å². The summed E-state index contributed by atoms with van der Waals surface area (Å²) < 4.78 is 23.5. The van der Waals surface area contributed by atoms with Gasteiger partial charge in [-0.15, -0.1) is 0 Å². The third kappa shape index (κ3) is 8.08. The van der Waals surface area contributed by atoms with E-state index in [-0.39, 0.29) is 5.41 Å². The lowest BCUT2D eigenvalue weighted by atomic mass is 9.75. The van der Waals surface area contributed by atoms with Crippen LogP contribution < -0.4 is 9.47 Å². The molecule has 0 atom stereocenters. The number of para-hydroxylation sites is 2. The van der Waals surface area contributed by atoms with Crippen LogP contribution in [0.1, 0.15) is 38.5 Å². The highest BCUT2D eigenvalue weighted by Gasteiger charge is 2.32. The number of hydrogen-bond donors (Lipinski definition) is 0. The second-order valence-electron chi connectivity index (χ2n) is 7.84. The Morgan fingerprint density at radius 3 is 1.76 bits per heavy atom. The molecule has 0 heterocycles. The Labute approximate surface area is 175 Å². The van der Waals surface area contributed by atoms with E-state index in [4.69, 9.17) is 18.9 Å². The van der Waals surface area contributed by atoms with Crippen molar-refractivity contribution in [3.63, 3.8) is 0 Å². The van der Waals surface area contributed by atoms with Crippen LogP contribution in [0.4, 0.5) is 0 Å². The van der Waals surface area contributed by atoms with E-state index in [1.807, 2.05) is 60.7 Å². The molecule has 3 rings (SSSR count). The van der Waals surface area contributed by atoms with Crippen LogP contribution in [-0.4, -0.2) is 39.6 Å². The first-order chi connectivity index (χ1) is 14.4. The fourth-order valence-electron chi connectivity index (χ4n) is 3.81. The predicted molar refractivity (Wildman–Crippen MR) is 116 cm³/mol. The predicted octanol–water partition coefficient (Wildman–Crippen LogP) is 5.52. The molecule has 4 nitrogen and oxygen atoms in total. The fraction of sp³-hybridized carbons (Fsp3) is 0.520. The Hall–Kier alpha value is -2.04. The molecule has 4 heteroatoms. The van der Waals surface area contributed by atoms with Gasteiger partial charge in [-0.25, -0.2) is 0 Å². The fourth-order valence-corrected chi connectivity index (χ4v) is 3.81. The molecule has 0 aliphatic heterocycles. The van der Waals surface area contributed by atoms with Crippen molar-refractivity contribution in [3.8, 4) is 11.5 Å². The van der Waals surface area contributed by atoms with Crippen LogP contribution in [0.2, 0.25) is 0 Å². The minimum Gasteiger partial charge on any atom is -0.494 e. The highest BCUT2D eigenvalue weighted by Crippen LogP contribution is 2.37. The van der Waals surface area contributed by atoms with Gasteiger partial charge in [0, 0.05) is 18.4 Å². The van der Waals surface area contributed by atoms with Crippen molar-refractivity contribution < 1.29 is 18.9 Å². The average Bonchev–Trinajstić information content (AvgIpc) is 2.78. The van der Waals surface area contributed by atoms with Crippen molar-refractivity contribution >= 4 is 0 Å². The highest BCUT2D eigenvalue weighted by molar-refractivity contribution is 5.21. The Kier molecular flexibility index (Phi) is 9.34. The zero-order valence-electron chi connectivity index (χ0n) is 17.4.